The van der Waals surface area contributed by atoms with E-state index >= 15 is 0 Å². The first kappa shape index (κ1) is 13.3. The number of aryl methyl sites for hydroxylation is 1. The molecule has 0 radical (unpaired) electrons. The van der Waals surface area contributed by atoms with Gasteiger partial charge >= 0.3 is 0 Å². The maximum atomic E-state index is 4.53. The topological polar surface area (TPSA) is 37.8 Å². The van der Waals surface area contributed by atoms with Crippen LogP contribution in [0.15, 0.2) is 6.07 Å². The lowest BCUT2D eigenvalue weighted by molar-refractivity contribution is 0.933. The van der Waals surface area contributed by atoms with E-state index in [9.17, 15) is 0 Å². The molecule has 0 bridgehead atoms. The number of hydrogen-bond acceptors (Lipinski definition) is 4. The maximum Gasteiger partial charge on any atom is 0.140 e. The molecule has 16 heavy (non-hydrogen) atoms. The monoisotopic (exact) mass is 239 g/mol. The van der Waals surface area contributed by atoms with E-state index in [1.807, 2.05) is 17.8 Å². The molecule has 0 aliphatic rings. The van der Waals surface area contributed by atoms with E-state index in [0.717, 1.165) is 36.1 Å². The molecule has 0 saturated heterocycles. The van der Waals surface area contributed by atoms with Crippen LogP contribution < -0.4 is 5.32 Å². The van der Waals surface area contributed by atoms with Crippen molar-refractivity contribution in [2.24, 2.45) is 0 Å². The van der Waals surface area contributed by atoms with E-state index in [1.165, 1.54) is 0 Å². The molecule has 0 aliphatic heterocycles. The SMILES string of the molecule is CCNc1cc(CC)nc(CSC(C)C)n1. The summed E-state index contributed by atoms with van der Waals surface area (Å²) in [6.45, 7) is 9.49. The third kappa shape index (κ3) is 4.39. The Morgan fingerprint density at radius 1 is 1.31 bits per heavy atom. The van der Waals surface area contributed by atoms with Crippen molar-refractivity contribution < 1.29 is 0 Å². The number of anilines is 1. The molecule has 0 aromatic carbocycles. The van der Waals surface area contributed by atoms with Crippen LogP contribution in [-0.4, -0.2) is 21.8 Å². The molecule has 0 saturated carbocycles. The average Bonchev–Trinajstić information content (AvgIpc) is 2.26. The summed E-state index contributed by atoms with van der Waals surface area (Å²) in [5, 5.41) is 3.87. The highest BCUT2D eigenvalue weighted by molar-refractivity contribution is 7.99. The van der Waals surface area contributed by atoms with Gasteiger partial charge in [-0.05, 0) is 18.6 Å². The highest BCUT2D eigenvalue weighted by Gasteiger charge is 2.04. The lowest BCUT2D eigenvalue weighted by Crippen LogP contribution is -2.05. The van der Waals surface area contributed by atoms with Crippen molar-refractivity contribution in [2.45, 2.75) is 45.1 Å². The number of thioether (sulfide) groups is 1. The van der Waals surface area contributed by atoms with Crippen LogP contribution in [-0.2, 0) is 12.2 Å². The molecule has 0 unspecified atom stereocenters. The number of hydrogen-bond donors (Lipinski definition) is 1. The van der Waals surface area contributed by atoms with Crippen molar-refractivity contribution in [3.63, 3.8) is 0 Å². The zero-order valence-electron chi connectivity index (χ0n) is 10.6. The van der Waals surface area contributed by atoms with Crippen LogP contribution in [0.1, 0.15) is 39.2 Å². The fraction of sp³-hybridized carbons (Fsp3) is 0.667. The summed E-state index contributed by atoms with van der Waals surface area (Å²) in [6.07, 6.45) is 0.959. The lowest BCUT2D eigenvalue weighted by Gasteiger charge is -2.08. The molecule has 1 heterocycles. The number of nitrogens with zero attached hydrogens (tertiary/aromatic N) is 2. The highest BCUT2D eigenvalue weighted by atomic mass is 32.2. The molecule has 0 amide bonds. The molecular formula is C12H21N3S. The summed E-state index contributed by atoms with van der Waals surface area (Å²) in [5.74, 6) is 2.78. The van der Waals surface area contributed by atoms with Gasteiger partial charge < -0.3 is 5.32 Å². The van der Waals surface area contributed by atoms with Gasteiger partial charge in [0, 0.05) is 18.3 Å². The van der Waals surface area contributed by atoms with Gasteiger partial charge in [-0.2, -0.15) is 11.8 Å². The summed E-state index contributed by atoms with van der Waals surface area (Å²) in [5.41, 5.74) is 1.12. The van der Waals surface area contributed by atoms with E-state index in [2.05, 4.69) is 43.0 Å². The van der Waals surface area contributed by atoms with Crippen molar-refractivity contribution in [2.75, 3.05) is 11.9 Å². The second-order valence-corrected chi connectivity index (χ2v) is 5.47. The largest absolute Gasteiger partial charge is 0.370 e. The van der Waals surface area contributed by atoms with E-state index in [0.29, 0.717) is 5.25 Å². The Morgan fingerprint density at radius 3 is 2.62 bits per heavy atom. The van der Waals surface area contributed by atoms with Gasteiger partial charge in [-0.1, -0.05) is 20.8 Å². The van der Waals surface area contributed by atoms with E-state index in [1.54, 1.807) is 0 Å². The summed E-state index contributed by atoms with van der Waals surface area (Å²) in [7, 11) is 0. The van der Waals surface area contributed by atoms with Crippen LogP contribution in [0.25, 0.3) is 0 Å². The predicted octanol–water partition coefficient (Wildman–Crippen LogP) is 3.11. The minimum Gasteiger partial charge on any atom is -0.370 e. The standard InChI is InChI=1S/C12H21N3S/c1-5-10-7-11(13-6-2)15-12(14-10)8-16-9(3)4/h7,9H,5-6,8H2,1-4H3,(H,13,14,15). The van der Waals surface area contributed by atoms with Crippen molar-refractivity contribution in [3.05, 3.63) is 17.6 Å². The molecule has 0 atom stereocenters. The Labute approximate surface area is 102 Å². The zero-order valence-corrected chi connectivity index (χ0v) is 11.4. The minimum atomic E-state index is 0.622. The van der Waals surface area contributed by atoms with Gasteiger partial charge in [0.1, 0.15) is 11.6 Å². The smallest absolute Gasteiger partial charge is 0.140 e. The fourth-order valence-corrected chi connectivity index (χ4v) is 1.92. The van der Waals surface area contributed by atoms with E-state index in [4.69, 9.17) is 0 Å². The van der Waals surface area contributed by atoms with Gasteiger partial charge in [0.05, 0.1) is 5.75 Å². The summed E-state index contributed by atoms with van der Waals surface area (Å²) in [6, 6.07) is 2.03. The van der Waals surface area contributed by atoms with Gasteiger partial charge in [-0.15, -0.1) is 0 Å². The third-order valence-corrected chi connectivity index (χ3v) is 3.18. The first-order chi connectivity index (χ1) is 7.65. The van der Waals surface area contributed by atoms with Crippen molar-refractivity contribution in [3.8, 4) is 0 Å². The number of rotatable bonds is 6. The molecule has 90 valence electrons. The van der Waals surface area contributed by atoms with Crippen LogP contribution >= 0.6 is 11.8 Å². The first-order valence-electron chi connectivity index (χ1n) is 5.88. The molecule has 0 spiro atoms. The lowest BCUT2D eigenvalue weighted by atomic mass is 10.3. The quantitative estimate of drug-likeness (QED) is 0.827. The fourth-order valence-electron chi connectivity index (χ4n) is 1.31. The van der Waals surface area contributed by atoms with Crippen molar-refractivity contribution >= 4 is 17.6 Å². The number of aromatic nitrogens is 2. The zero-order chi connectivity index (χ0) is 12.0. The van der Waals surface area contributed by atoms with Gasteiger partial charge in [0.15, 0.2) is 0 Å². The summed E-state index contributed by atoms with van der Waals surface area (Å²) in [4.78, 5) is 9.03. The Balaban J connectivity index is 2.77. The summed E-state index contributed by atoms with van der Waals surface area (Å²) < 4.78 is 0. The first-order valence-corrected chi connectivity index (χ1v) is 6.92. The Kier molecular flexibility index (Phi) is 5.60. The maximum absolute atomic E-state index is 4.53. The Bertz CT molecular complexity index is 326. The molecule has 0 aliphatic carbocycles. The molecule has 0 fully saturated rings. The molecule has 1 aromatic heterocycles. The second-order valence-electron chi connectivity index (χ2n) is 3.90. The van der Waals surface area contributed by atoms with Crippen LogP contribution in [0, 0.1) is 0 Å². The second kappa shape index (κ2) is 6.74. The summed E-state index contributed by atoms with van der Waals surface area (Å²) >= 11 is 1.88. The molecule has 4 heteroatoms. The normalized spacial score (nSPS) is 10.8. The predicted molar refractivity (Wildman–Crippen MR) is 72.0 cm³/mol. The van der Waals surface area contributed by atoms with E-state index in [-0.39, 0.29) is 0 Å². The van der Waals surface area contributed by atoms with Gasteiger partial charge in [-0.3, -0.25) is 0 Å². The molecule has 1 aromatic rings. The molecule has 1 N–H and O–H groups in total. The van der Waals surface area contributed by atoms with Crippen molar-refractivity contribution in [1.29, 1.82) is 0 Å². The van der Waals surface area contributed by atoms with Crippen LogP contribution in [0.5, 0.6) is 0 Å². The van der Waals surface area contributed by atoms with Crippen LogP contribution in [0.2, 0.25) is 0 Å². The van der Waals surface area contributed by atoms with Gasteiger partial charge in [0.25, 0.3) is 0 Å². The van der Waals surface area contributed by atoms with Crippen LogP contribution in [0.3, 0.4) is 0 Å². The average molecular weight is 239 g/mol. The Morgan fingerprint density at radius 2 is 2.06 bits per heavy atom. The molecule has 3 nitrogen and oxygen atoms in total. The van der Waals surface area contributed by atoms with Crippen LogP contribution in [0.4, 0.5) is 5.82 Å². The minimum absolute atomic E-state index is 0.622. The highest BCUT2D eigenvalue weighted by Crippen LogP contribution is 2.16. The van der Waals surface area contributed by atoms with Crippen molar-refractivity contribution in [1.82, 2.24) is 9.97 Å². The Hall–Kier alpha value is -0.770. The molecular weight excluding hydrogens is 218 g/mol. The van der Waals surface area contributed by atoms with Gasteiger partial charge in [0.2, 0.25) is 0 Å². The van der Waals surface area contributed by atoms with E-state index < -0.39 is 0 Å². The van der Waals surface area contributed by atoms with Gasteiger partial charge in [-0.25, -0.2) is 9.97 Å². The third-order valence-electron chi connectivity index (χ3n) is 2.09. The number of nitrogens with one attached hydrogen (secondary N) is 1. The molecule has 1 rings (SSSR count).